The van der Waals surface area contributed by atoms with Crippen LogP contribution in [0.5, 0.6) is 0 Å². The Morgan fingerprint density at radius 3 is 2.45 bits per heavy atom. The summed E-state index contributed by atoms with van der Waals surface area (Å²) in [5.74, 6) is -0.0631. The van der Waals surface area contributed by atoms with E-state index in [-0.39, 0.29) is 30.3 Å². The van der Waals surface area contributed by atoms with Crippen LogP contribution in [0.25, 0.3) is 0 Å². The minimum atomic E-state index is -0.340. The third-order valence-corrected chi connectivity index (χ3v) is 4.19. The Kier molecular flexibility index (Phi) is 6.65. The predicted octanol–water partition coefficient (Wildman–Crippen LogP) is 2.82. The highest BCUT2D eigenvalue weighted by Gasteiger charge is 2.24. The lowest BCUT2D eigenvalue weighted by Crippen LogP contribution is -2.46. The Morgan fingerprint density at radius 2 is 2.00 bits per heavy atom. The highest BCUT2D eigenvalue weighted by molar-refractivity contribution is 7.18. The second kappa shape index (κ2) is 7.76. The van der Waals surface area contributed by atoms with Crippen LogP contribution in [0, 0.1) is 0 Å². The molecule has 1 heterocycles. The monoisotopic (exact) mass is 316 g/mol. The molecule has 1 aromatic rings. The van der Waals surface area contributed by atoms with Gasteiger partial charge in [-0.15, -0.1) is 11.3 Å². The van der Waals surface area contributed by atoms with Crippen molar-refractivity contribution < 1.29 is 9.59 Å². The van der Waals surface area contributed by atoms with Gasteiger partial charge in [-0.05, 0) is 39.4 Å². The zero-order valence-electron chi connectivity index (χ0n) is 12.3. The van der Waals surface area contributed by atoms with Gasteiger partial charge in [0.05, 0.1) is 21.8 Å². The van der Waals surface area contributed by atoms with Crippen LogP contribution in [0.4, 0.5) is 0 Å². The third-order valence-electron chi connectivity index (χ3n) is 2.95. The molecule has 4 nitrogen and oxygen atoms in total. The van der Waals surface area contributed by atoms with Gasteiger partial charge in [0, 0.05) is 6.04 Å². The number of ketones is 1. The molecular weight excluding hydrogens is 296 g/mol. The number of amides is 1. The number of nitrogens with zero attached hydrogens (tertiary/aromatic N) is 1. The quantitative estimate of drug-likeness (QED) is 0.787. The maximum atomic E-state index is 12.3. The summed E-state index contributed by atoms with van der Waals surface area (Å²) in [6.07, 6.45) is 0. The fourth-order valence-electron chi connectivity index (χ4n) is 1.89. The fraction of sp³-hybridized carbons (Fsp3) is 0.571. The molecule has 112 valence electrons. The molecule has 6 heteroatoms. The normalized spacial score (nSPS) is 12.8. The van der Waals surface area contributed by atoms with Crippen molar-refractivity contribution in [3.05, 3.63) is 21.3 Å². The summed E-state index contributed by atoms with van der Waals surface area (Å²) in [6, 6.07) is 3.21. The summed E-state index contributed by atoms with van der Waals surface area (Å²) in [7, 11) is 0. The van der Waals surface area contributed by atoms with Gasteiger partial charge in [0.1, 0.15) is 0 Å². The first kappa shape index (κ1) is 17.1. The van der Waals surface area contributed by atoms with Crippen LogP contribution >= 0.6 is 22.9 Å². The molecule has 1 N–H and O–H groups in total. The van der Waals surface area contributed by atoms with Crippen molar-refractivity contribution in [2.24, 2.45) is 0 Å². The van der Waals surface area contributed by atoms with Crippen molar-refractivity contribution in [2.45, 2.75) is 39.8 Å². The molecule has 0 aliphatic carbocycles. The summed E-state index contributed by atoms with van der Waals surface area (Å²) in [5.41, 5.74) is 0. The molecule has 0 aliphatic rings. The smallest absolute Gasteiger partial charge is 0.234 e. The first-order valence-electron chi connectivity index (χ1n) is 6.68. The van der Waals surface area contributed by atoms with Gasteiger partial charge in [0.2, 0.25) is 5.91 Å². The molecule has 0 aromatic carbocycles. The van der Waals surface area contributed by atoms with E-state index in [0.29, 0.717) is 15.8 Å². The SMILES string of the molecule is CCN(CC(=O)NC(C)C)C(C)C(=O)c1ccc(Cl)s1. The van der Waals surface area contributed by atoms with Gasteiger partial charge in [-0.25, -0.2) is 0 Å². The Hall–Kier alpha value is -0.910. The van der Waals surface area contributed by atoms with E-state index in [1.54, 1.807) is 12.1 Å². The average Bonchev–Trinajstić information content (AvgIpc) is 2.80. The minimum Gasteiger partial charge on any atom is -0.353 e. The van der Waals surface area contributed by atoms with Crippen LogP contribution in [0.15, 0.2) is 12.1 Å². The van der Waals surface area contributed by atoms with E-state index in [2.05, 4.69) is 5.32 Å². The van der Waals surface area contributed by atoms with Crippen molar-refractivity contribution in [2.75, 3.05) is 13.1 Å². The van der Waals surface area contributed by atoms with Gasteiger partial charge < -0.3 is 5.32 Å². The molecule has 20 heavy (non-hydrogen) atoms. The summed E-state index contributed by atoms with van der Waals surface area (Å²) in [6.45, 7) is 8.45. The third kappa shape index (κ3) is 4.89. The van der Waals surface area contributed by atoms with Crippen LogP contribution < -0.4 is 5.32 Å². The van der Waals surface area contributed by atoms with Gasteiger partial charge in [0.25, 0.3) is 0 Å². The molecule has 0 bridgehead atoms. The van der Waals surface area contributed by atoms with E-state index in [4.69, 9.17) is 11.6 Å². The Bertz CT molecular complexity index is 473. The molecule has 0 radical (unpaired) electrons. The molecule has 0 saturated heterocycles. The summed E-state index contributed by atoms with van der Waals surface area (Å²) >= 11 is 7.12. The van der Waals surface area contributed by atoms with Crippen LogP contribution in [-0.4, -0.2) is 41.8 Å². The predicted molar refractivity (Wildman–Crippen MR) is 83.6 cm³/mol. The van der Waals surface area contributed by atoms with Crippen molar-refractivity contribution in [3.63, 3.8) is 0 Å². The molecule has 1 amide bonds. The van der Waals surface area contributed by atoms with E-state index in [1.807, 2.05) is 32.6 Å². The average molecular weight is 317 g/mol. The van der Waals surface area contributed by atoms with Crippen molar-refractivity contribution in [1.29, 1.82) is 0 Å². The van der Waals surface area contributed by atoms with Gasteiger partial charge >= 0.3 is 0 Å². The maximum Gasteiger partial charge on any atom is 0.234 e. The molecular formula is C14H21ClN2O2S. The highest BCUT2D eigenvalue weighted by atomic mass is 35.5. The number of thiophene rings is 1. The number of halogens is 1. The van der Waals surface area contributed by atoms with E-state index in [0.717, 1.165) is 0 Å². The fourth-order valence-corrected chi connectivity index (χ4v) is 2.96. The molecule has 1 rings (SSSR count). The van der Waals surface area contributed by atoms with Gasteiger partial charge in [0.15, 0.2) is 5.78 Å². The maximum absolute atomic E-state index is 12.3. The second-order valence-electron chi connectivity index (χ2n) is 4.93. The number of likely N-dealkylation sites (N-methyl/N-ethyl adjacent to an activating group) is 1. The number of Topliss-reactive ketones (excluding diaryl/α,β-unsaturated/α-hetero) is 1. The standard InChI is InChI=1S/C14H21ClN2O2S/c1-5-17(8-13(18)16-9(2)3)10(4)14(19)11-6-7-12(15)20-11/h6-7,9-10H,5,8H2,1-4H3,(H,16,18). The van der Waals surface area contributed by atoms with Gasteiger partial charge in [-0.1, -0.05) is 18.5 Å². The lowest BCUT2D eigenvalue weighted by atomic mass is 10.1. The zero-order chi connectivity index (χ0) is 15.3. The number of hydrogen-bond donors (Lipinski definition) is 1. The van der Waals surface area contributed by atoms with E-state index in [9.17, 15) is 9.59 Å². The Morgan fingerprint density at radius 1 is 1.35 bits per heavy atom. The van der Waals surface area contributed by atoms with Crippen molar-refractivity contribution >= 4 is 34.6 Å². The molecule has 1 atom stereocenters. The van der Waals surface area contributed by atoms with Crippen molar-refractivity contribution in [1.82, 2.24) is 10.2 Å². The molecule has 0 fully saturated rings. The molecule has 0 saturated carbocycles. The first-order chi connectivity index (χ1) is 9.35. The summed E-state index contributed by atoms with van der Waals surface area (Å²) in [4.78, 5) is 26.6. The summed E-state index contributed by atoms with van der Waals surface area (Å²) in [5, 5.41) is 2.83. The number of rotatable bonds is 7. The number of hydrogen-bond acceptors (Lipinski definition) is 4. The van der Waals surface area contributed by atoms with Crippen LogP contribution in [0.1, 0.15) is 37.4 Å². The van der Waals surface area contributed by atoms with Crippen molar-refractivity contribution in [3.8, 4) is 0 Å². The van der Waals surface area contributed by atoms with Crippen LogP contribution in [0.3, 0.4) is 0 Å². The van der Waals surface area contributed by atoms with E-state index in [1.165, 1.54) is 11.3 Å². The first-order valence-corrected chi connectivity index (χ1v) is 7.87. The number of nitrogens with one attached hydrogen (secondary N) is 1. The second-order valence-corrected chi connectivity index (χ2v) is 6.64. The van der Waals surface area contributed by atoms with Crippen LogP contribution in [-0.2, 0) is 4.79 Å². The number of carbonyl (C=O) groups excluding carboxylic acids is 2. The lowest BCUT2D eigenvalue weighted by molar-refractivity contribution is -0.122. The molecule has 1 aromatic heterocycles. The van der Waals surface area contributed by atoms with Gasteiger partial charge in [-0.3, -0.25) is 14.5 Å². The minimum absolute atomic E-state index is 0.00102. The topological polar surface area (TPSA) is 49.4 Å². The molecule has 0 aliphatic heterocycles. The number of carbonyl (C=O) groups is 2. The molecule has 0 spiro atoms. The largest absolute Gasteiger partial charge is 0.353 e. The van der Waals surface area contributed by atoms with Gasteiger partial charge in [-0.2, -0.15) is 0 Å². The Balaban J connectivity index is 2.69. The van der Waals surface area contributed by atoms with E-state index >= 15 is 0 Å². The van der Waals surface area contributed by atoms with Crippen LogP contribution in [0.2, 0.25) is 4.34 Å². The highest BCUT2D eigenvalue weighted by Crippen LogP contribution is 2.23. The zero-order valence-corrected chi connectivity index (χ0v) is 13.8. The lowest BCUT2D eigenvalue weighted by Gasteiger charge is -2.26. The van der Waals surface area contributed by atoms with E-state index < -0.39 is 0 Å². The Labute approximate surface area is 129 Å². The summed E-state index contributed by atoms with van der Waals surface area (Å²) < 4.78 is 0.598. The molecule has 1 unspecified atom stereocenters.